The van der Waals surface area contributed by atoms with Crippen molar-refractivity contribution in [3.05, 3.63) is 36.0 Å². The van der Waals surface area contributed by atoms with Gasteiger partial charge in [0.1, 0.15) is 0 Å². The van der Waals surface area contributed by atoms with Crippen LogP contribution in [0.1, 0.15) is 18.4 Å². The van der Waals surface area contributed by atoms with Gasteiger partial charge in [0, 0.05) is 49.2 Å². The van der Waals surface area contributed by atoms with E-state index in [2.05, 4.69) is 10.3 Å². The summed E-state index contributed by atoms with van der Waals surface area (Å²) >= 11 is 0. The lowest BCUT2D eigenvalue weighted by Crippen LogP contribution is -2.53. The van der Waals surface area contributed by atoms with Crippen molar-refractivity contribution >= 4 is 28.6 Å². The Hall–Kier alpha value is -2.83. The molecule has 142 valence electrons. The van der Waals surface area contributed by atoms with Gasteiger partial charge in [0.25, 0.3) is 0 Å². The van der Waals surface area contributed by atoms with E-state index in [1.807, 2.05) is 35.4 Å². The second-order valence-electron chi connectivity index (χ2n) is 7.29. The van der Waals surface area contributed by atoms with Crippen LogP contribution < -0.4 is 5.32 Å². The Morgan fingerprint density at radius 1 is 1.00 bits per heavy atom. The summed E-state index contributed by atoms with van der Waals surface area (Å²) in [5.74, 6) is 0.0919. The molecule has 3 amide bonds. The molecule has 2 N–H and O–H groups in total. The molecule has 1 aliphatic carbocycles. The van der Waals surface area contributed by atoms with E-state index in [4.69, 9.17) is 0 Å². The number of para-hydroxylation sites is 1. The number of fused-ring (bicyclic) bond motifs is 1. The number of carbonyl (C=O) groups is 3. The molecule has 0 bridgehead atoms. The molecule has 1 saturated heterocycles. The van der Waals surface area contributed by atoms with Crippen LogP contribution in [0.5, 0.6) is 0 Å². The molecule has 7 nitrogen and oxygen atoms in total. The van der Waals surface area contributed by atoms with Gasteiger partial charge in [-0.1, -0.05) is 18.2 Å². The molecule has 0 radical (unpaired) electrons. The molecule has 2 fully saturated rings. The van der Waals surface area contributed by atoms with Gasteiger partial charge in [0.2, 0.25) is 17.7 Å². The minimum Gasteiger partial charge on any atom is -0.361 e. The van der Waals surface area contributed by atoms with E-state index in [-0.39, 0.29) is 30.2 Å². The van der Waals surface area contributed by atoms with Gasteiger partial charge in [-0.2, -0.15) is 0 Å². The number of amides is 3. The van der Waals surface area contributed by atoms with Crippen LogP contribution in [0.2, 0.25) is 0 Å². The topological polar surface area (TPSA) is 85.5 Å². The largest absolute Gasteiger partial charge is 0.361 e. The molecule has 7 heteroatoms. The van der Waals surface area contributed by atoms with Crippen LogP contribution in [0.3, 0.4) is 0 Å². The Labute approximate surface area is 157 Å². The first kappa shape index (κ1) is 17.6. The summed E-state index contributed by atoms with van der Waals surface area (Å²) in [4.78, 5) is 43.2. The fourth-order valence-corrected chi connectivity index (χ4v) is 3.52. The third kappa shape index (κ3) is 3.97. The molecule has 1 aliphatic heterocycles. The SMILES string of the molecule is O=C(NCC(=O)N1CCN(C(=O)Cc2c[nH]c3ccccc23)CC1)C1CC1. The summed E-state index contributed by atoms with van der Waals surface area (Å²) < 4.78 is 0. The van der Waals surface area contributed by atoms with Gasteiger partial charge in [-0.15, -0.1) is 0 Å². The molecule has 1 aromatic heterocycles. The molecular weight excluding hydrogens is 344 g/mol. The molecule has 0 atom stereocenters. The number of aromatic amines is 1. The highest BCUT2D eigenvalue weighted by molar-refractivity contribution is 5.89. The van der Waals surface area contributed by atoms with Gasteiger partial charge in [0.05, 0.1) is 13.0 Å². The molecule has 0 spiro atoms. The summed E-state index contributed by atoms with van der Waals surface area (Å²) in [5.41, 5.74) is 2.03. The Morgan fingerprint density at radius 3 is 2.37 bits per heavy atom. The van der Waals surface area contributed by atoms with E-state index in [0.717, 1.165) is 29.3 Å². The summed E-state index contributed by atoms with van der Waals surface area (Å²) in [6.45, 7) is 2.14. The molecule has 2 heterocycles. The number of benzene rings is 1. The second-order valence-corrected chi connectivity index (χ2v) is 7.29. The number of hydrogen-bond donors (Lipinski definition) is 2. The van der Waals surface area contributed by atoms with Crippen molar-refractivity contribution in [1.82, 2.24) is 20.1 Å². The van der Waals surface area contributed by atoms with Crippen LogP contribution in [-0.4, -0.2) is 65.2 Å². The number of piperazine rings is 1. The molecule has 1 aromatic carbocycles. The minimum absolute atomic E-state index is 0.0177. The third-order valence-corrected chi connectivity index (χ3v) is 5.36. The maximum Gasteiger partial charge on any atom is 0.242 e. The van der Waals surface area contributed by atoms with Crippen LogP contribution in [-0.2, 0) is 20.8 Å². The van der Waals surface area contributed by atoms with Crippen molar-refractivity contribution < 1.29 is 14.4 Å². The Morgan fingerprint density at radius 2 is 1.67 bits per heavy atom. The first-order valence-electron chi connectivity index (χ1n) is 9.50. The average molecular weight is 368 g/mol. The summed E-state index contributed by atoms with van der Waals surface area (Å²) in [7, 11) is 0. The van der Waals surface area contributed by atoms with Gasteiger partial charge in [-0.05, 0) is 24.5 Å². The Balaban J connectivity index is 1.26. The van der Waals surface area contributed by atoms with E-state index in [0.29, 0.717) is 32.6 Å². The third-order valence-electron chi connectivity index (χ3n) is 5.36. The van der Waals surface area contributed by atoms with Gasteiger partial charge >= 0.3 is 0 Å². The predicted molar refractivity (Wildman–Crippen MR) is 101 cm³/mol. The lowest BCUT2D eigenvalue weighted by atomic mass is 10.1. The average Bonchev–Trinajstić information content (AvgIpc) is 3.48. The number of aromatic nitrogens is 1. The zero-order chi connectivity index (χ0) is 18.8. The molecule has 4 rings (SSSR count). The van der Waals surface area contributed by atoms with E-state index in [1.165, 1.54) is 0 Å². The molecule has 0 unspecified atom stereocenters. The van der Waals surface area contributed by atoms with Crippen molar-refractivity contribution in [2.45, 2.75) is 19.3 Å². The lowest BCUT2D eigenvalue weighted by Gasteiger charge is -2.35. The second kappa shape index (κ2) is 7.42. The number of rotatable bonds is 5. The van der Waals surface area contributed by atoms with E-state index >= 15 is 0 Å². The van der Waals surface area contributed by atoms with E-state index in [9.17, 15) is 14.4 Å². The monoisotopic (exact) mass is 368 g/mol. The maximum atomic E-state index is 12.6. The number of hydrogen-bond acceptors (Lipinski definition) is 3. The molecule has 2 aromatic rings. The molecule has 1 saturated carbocycles. The van der Waals surface area contributed by atoms with Crippen molar-refractivity contribution in [2.75, 3.05) is 32.7 Å². The number of carbonyl (C=O) groups excluding carboxylic acids is 3. The maximum absolute atomic E-state index is 12.6. The fourth-order valence-electron chi connectivity index (χ4n) is 3.52. The summed E-state index contributed by atoms with van der Waals surface area (Å²) in [6.07, 6.45) is 4.11. The number of nitrogens with one attached hydrogen (secondary N) is 2. The van der Waals surface area contributed by atoms with Gasteiger partial charge in [-0.3, -0.25) is 14.4 Å². The highest BCUT2D eigenvalue weighted by Crippen LogP contribution is 2.28. The van der Waals surface area contributed by atoms with Crippen molar-refractivity contribution in [2.24, 2.45) is 5.92 Å². The number of H-pyrrole nitrogens is 1. The van der Waals surface area contributed by atoms with Crippen LogP contribution in [0, 0.1) is 5.92 Å². The fraction of sp³-hybridized carbons (Fsp3) is 0.450. The molecular formula is C20H24N4O3. The highest BCUT2D eigenvalue weighted by Gasteiger charge is 2.30. The normalized spacial score (nSPS) is 17.2. The van der Waals surface area contributed by atoms with Gasteiger partial charge in [-0.25, -0.2) is 0 Å². The first-order valence-corrected chi connectivity index (χ1v) is 9.50. The molecule has 2 aliphatic rings. The zero-order valence-electron chi connectivity index (χ0n) is 15.2. The number of nitrogens with zero attached hydrogens (tertiary/aromatic N) is 2. The quantitative estimate of drug-likeness (QED) is 0.823. The smallest absolute Gasteiger partial charge is 0.242 e. The zero-order valence-corrected chi connectivity index (χ0v) is 15.2. The standard InChI is InChI=1S/C20H24N4O3/c25-18(11-15-12-21-17-4-2-1-3-16(15)17)23-7-9-24(10-8-23)19(26)13-22-20(27)14-5-6-14/h1-4,12,14,21H,5-11,13H2,(H,22,27). The lowest BCUT2D eigenvalue weighted by molar-refractivity contribution is -0.139. The Bertz CT molecular complexity index is 863. The molecule has 27 heavy (non-hydrogen) atoms. The van der Waals surface area contributed by atoms with Crippen LogP contribution in [0.25, 0.3) is 10.9 Å². The van der Waals surface area contributed by atoms with Crippen LogP contribution >= 0.6 is 0 Å². The summed E-state index contributed by atoms with van der Waals surface area (Å²) in [6, 6.07) is 7.95. The van der Waals surface area contributed by atoms with Crippen LogP contribution in [0.4, 0.5) is 0 Å². The van der Waals surface area contributed by atoms with Gasteiger partial charge in [0.15, 0.2) is 0 Å². The van der Waals surface area contributed by atoms with E-state index in [1.54, 1.807) is 4.90 Å². The van der Waals surface area contributed by atoms with Crippen molar-refractivity contribution in [3.8, 4) is 0 Å². The van der Waals surface area contributed by atoms with Crippen LogP contribution in [0.15, 0.2) is 30.5 Å². The van der Waals surface area contributed by atoms with Crippen molar-refractivity contribution in [1.29, 1.82) is 0 Å². The Kier molecular flexibility index (Phi) is 4.83. The summed E-state index contributed by atoms with van der Waals surface area (Å²) in [5, 5.41) is 3.78. The predicted octanol–water partition coefficient (Wildman–Crippen LogP) is 0.907. The van der Waals surface area contributed by atoms with Gasteiger partial charge < -0.3 is 20.1 Å². The van der Waals surface area contributed by atoms with Crippen molar-refractivity contribution in [3.63, 3.8) is 0 Å². The van der Waals surface area contributed by atoms with E-state index < -0.39 is 0 Å². The highest BCUT2D eigenvalue weighted by atomic mass is 16.2. The first-order chi connectivity index (χ1) is 13.1. The minimum atomic E-state index is -0.0762.